The minimum absolute atomic E-state index is 0.0559. The van der Waals surface area contributed by atoms with Crippen molar-refractivity contribution in [2.24, 2.45) is 5.14 Å². The lowest BCUT2D eigenvalue weighted by Crippen LogP contribution is -2.19. The van der Waals surface area contributed by atoms with Gasteiger partial charge < -0.3 is 19.1 Å². The Balaban J connectivity index is 2.10. The van der Waals surface area contributed by atoms with Crippen LogP contribution in [0.1, 0.15) is 0 Å². The van der Waals surface area contributed by atoms with Gasteiger partial charge in [-0.25, -0.2) is 0 Å². The van der Waals surface area contributed by atoms with E-state index in [0.29, 0.717) is 22.6 Å². The maximum Gasteiger partial charge on any atom is 0.380 e. The van der Waals surface area contributed by atoms with Gasteiger partial charge in [-0.1, -0.05) is 6.07 Å². The van der Waals surface area contributed by atoms with Gasteiger partial charge in [0.25, 0.3) is 0 Å². The number of hydrogen-bond acceptors (Lipinski definition) is 7. The summed E-state index contributed by atoms with van der Waals surface area (Å²) in [5.74, 6) is 0.443. The fourth-order valence-electron chi connectivity index (χ4n) is 2.40. The lowest BCUT2D eigenvalue weighted by molar-refractivity contribution is 0.417. The molecule has 0 aliphatic heterocycles. The van der Waals surface area contributed by atoms with Gasteiger partial charge in [0.2, 0.25) is 0 Å². The molecule has 3 aromatic rings. The molecule has 2 aromatic carbocycles. The molecule has 8 nitrogen and oxygen atoms in total. The fourth-order valence-corrected chi connectivity index (χ4v) is 2.77. The van der Waals surface area contributed by atoms with E-state index in [2.05, 4.69) is 4.18 Å². The fraction of sp³-hybridized carbons (Fsp3) is 0.0625. The highest BCUT2D eigenvalue weighted by molar-refractivity contribution is 7.84. The summed E-state index contributed by atoms with van der Waals surface area (Å²) in [6.07, 6.45) is 1.27. The first-order valence-corrected chi connectivity index (χ1v) is 8.47. The number of ether oxygens (including phenoxy) is 1. The van der Waals surface area contributed by atoms with Crippen LogP contribution in [0.4, 0.5) is 5.69 Å². The van der Waals surface area contributed by atoms with Gasteiger partial charge in [0.15, 0.2) is 5.43 Å². The average Bonchev–Trinajstić information content (AvgIpc) is 2.53. The Morgan fingerprint density at radius 1 is 1.12 bits per heavy atom. The third-order valence-electron chi connectivity index (χ3n) is 3.50. The Labute approximate surface area is 142 Å². The van der Waals surface area contributed by atoms with Gasteiger partial charge in [-0.05, 0) is 29.8 Å². The van der Waals surface area contributed by atoms with Crippen molar-refractivity contribution < 1.29 is 21.8 Å². The van der Waals surface area contributed by atoms with E-state index in [0.717, 1.165) is 0 Å². The van der Waals surface area contributed by atoms with E-state index in [1.807, 2.05) is 0 Å². The molecule has 0 saturated carbocycles. The van der Waals surface area contributed by atoms with Gasteiger partial charge in [0, 0.05) is 6.07 Å². The highest BCUT2D eigenvalue weighted by Crippen LogP contribution is 2.28. The highest BCUT2D eigenvalue weighted by atomic mass is 32.2. The molecular formula is C16H14N2O6S. The molecule has 25 heavy (non-hydrogen) atoms. The Hall–Kier alpha value is -3.04. The van der Waals surface area contributed by atoms with E-state index in [1.165, 1.54) is 31.6 Å². The number of anilines is 1. The largest absolute Gasteiger partial charge is 0.495 e. The lowest BCUT2D eigenvalue weighted by atomic mass is 10.0. The van der Waals surface area contributed by atoms with Crippen molar-refractivity contribution >= 4 is 27.0 Å². The number of nitrogens with two attached hydrogens (primary N) is 2. The zero-order chi connectivity index (χ0) is 18.2. The van der Waals surface area contributed by atoms with E-state index in [1.54, 1.807) is 18.2 Å². The first-order valence-electron chi connectivity index (χ1n) is 7.00. The number of methoxy groups -OCH3 is 1. The van der Waals surface area contributed by atoms with Crippen molar-refractivity contribution in [3.8, 4) is 22.6 Å². The second-order valence-corrected chi connectivity index (χ2v) is 6.32. The van der Waals surface area contributed by atoms with Crippen LogP contribution < -0.4 is 25.2 Å². The normalized spacial score (nSPS) is 11.4. The molecule has 0 fully saturated rings. The smallest absolute Gasteiger partial charge is 0.380 e. The molecule has 9 heteroatoms. The molecule has 0 radical (unpaired) electrons. The molecule has 0 aliphatic rings. The summed E-state index contributed by atoms with van der Waals surface area (Å²) >= 11 is 0. The Morgan fingerprint density at radius 2 is 1.88 bits per heavy atom. The first kappa shape index (κ1) is 16.8. The number of nitrogen functional groups attached to an aromatic ring is 1. The highest BCUT2D eigenvalue weighted by Gasteiger charge is 2.13. The third-order valence-corrected chi connectivity index (χ3v) is 3.92. The van der Waals surface area contributed by atoms with Crippen LogP contribution in [-0.4, -0.2) is 15.5 Å². The first-order chi connectivity index (χ1) is 11.8. The molecule has 3 rings (SSSR count). The number of hydrogen-bond donors (Lipinski definition) is 2. The van der Waals surface area contributed by atoms with Gasteiger partial charge in [-0.3, -0.25) is 4.79 Å². The summed E-state index contributed by atoms with van der Waals surface area (Å²) in [6.45, 7) is 0. The predicted octanol–water partition coefficient (Wildman–Crippen LogP) is 1.63. The summed E-state index contributed by atoms with van der Waals surface area (Å²) in [5.41, 5.74) is 6.99. The molecule has 130 valence electrons. The molecule has 0 atom stereocenters. The van der Waals surface area contributed by atoms with Crippen molar-refractivity contribution in [1.29, 1.82) is 0 Å². The summed E-state index contributed by atoms with van der Waals surface area (Å²) in [4.78, 5) is 12.7. The average molecular weight is 362 g/mol. The van der Waals surface area contributed by atoms with Crippen LogP contribution in [0.15, 0.2) is 51.9 Å². The molecule has 0 saturated heterocycles. The molecule has 0 spiro atoms. The van der Waals surface area contributed by atoms with Crippen LogP contribution in [0.2, 0.25) is 0 Å². The molecule has 0 bridgehead atoms. The summed E-state index contributed by atoms with van der Waals surface area (Å²) < 4.78 is 37.0. The topological polar surface area (TPSA) is 135 Å². The number of benzene rings is 2. The van der Waals surface area contributed by atoms with Crippen LogP contribution >= 0.6 is 0 Å². The molecule has 0 unspecified atom stereocenters. The van der Waals surface area contributed by atoms with Crippen LogP contribution in [-0.2, 0) is 10.3 Å². The molecule has 0 amide bonds. The van der Waals surface area contributed by atoms with E-state index in [4.69, 9.17) is 20.0 Å². The molecule has 4 N–H and O–H groups in total. The lowest BCUT2D eigenvalue weighted by Gasteiger charge is -2.08. The molecule has 1 aromatic heterocycles. The maximum atomic E-state index is 12.7. The van der Waals surface area contributed by atoms with Gasteiger partial charge in [0.1, 0.15) is 23.3 Å². The van der Waals surface area contributed by atoms with Crippen LogP contribution in [0.25, 0.3) is 22.1 Å². The van der Waals surface area contributed by atoms with Crippen molar-refractivity contribution in [3.05, 3.63) is 52.9 Å². The van der Waals surface area contributed by atoms with Crippen molar-refractivity contribution in [3.63, 3.8) is 0 Å². The van der Waals surface area contributed by atoms with Crippen molar-refractivity contribution in [2.45, 2.75) is 0 Å². The molecule has 1 heterocycles. The van der Waals surface area contributed by atoms with Gasteiger partial charge >= 0.3 is 10.3 Å². The maximum absolute atomic E-state index is 12.7. The Bertz CT molecular complexity index is 1120. The standard InChI is InChI=1S/C16H14N2O6S/c1-22-14-5-2-9(6-13(14)17)12-8-23-15-7-10(24-25(18,20)21)3-4-11(15)16(12)19/h2-8H,17H2,1H3,(H2,18,20,21). The van der Waals surface area contributed by atoms with Gasteiger partial charge in [-0.2, -0.15) is 13.6 Å². The van der Waals surface area contributed by atoms with Crippen LogP contribution in [0.5, 0.6) is 11.5 Å². The predicted molar refractivity (Wildman–Crippen MR) is 92.6 cm³/mol. The minimum atomic E-state index is -4.16. The van der Waals surface area contributed by atoms with Crippen molar-refractivity contribution in [2.75, 3.05) is 12.8 Å². The summed E-state index contributed by atoms with van der Waals surface area (Å²) in [6, 6.07) is 8.93. The monoisotopic (exact) mass is 362 g/mol. The Morgan fingerprint density at radius 3 is 2.52 bits per heavy atom. The van der Waals surface area contributed by atoms with Crippen molar-refractivity contribution in [1.82, 2.24) is 0 Å². The zero-order valence-electron chi connectivity index (χ0n) is 13.1. The van der Waals surface area contributed by atoms with E-state index in [-0.39, 0.29) is 22.1 Å². The van der Waals surface area contributed by atoms with Gasteiger partial charge in [0.05, 0.1) is 23.7 Å². The molecular weight excluding hydrogens is 348 g/mol. The number of fused-ring (bicyclic) bond motifs is 1. The molecule has 0 aliphatic carbocycles. The summed E-state index contributed by atoms with van der Waals surface area (Å²) in [5, 5.41) is 5.07. The SMILES string of the molecule is COc1ccc(-c2coc3cc(OS(N)(=O)=O)ccc3c2=O)cc1N. The van der Waals surface area contributed by atoms with E-state index in [9.17, 15) is 13.2 Å². The second-order valence-electron chi connectivity index (χ2n) is 5.17. The van der Waals surface area contributed by atoms with Crippen LogP contribution in [0, 0.1) is 0 Å². The zero-order valence-corrected chi connectivity index (χ0v) is 13.9. The second kappa shape index (κ2) is 6.11. The van der Waals surface area contributed by atoms with Gasteiger partial charge in [-0.15, -0.1) is 0 Å². The third kappa shape index (κ3) is 3.42. The number of rotatable bonds is 4. The quantitative estimate of drug-likeness (QED) is 0.673. The van der Waals surface area contributed by atoms with E-state index >= 15 is 0 Å². The summed E-state index contributed by atoms with van der Waals surface area (Å²) in [7, 11) is -2.67. The van der Waals surface area contributed by atoms with E-state index < -0.39 is 10.3 Å². The van der Waals surface area contributed by atoms with Crippen LogP contribution in [0.3, 0.4) is 0 Å². The Kier molecular flexibility index (Phi) is 4.11. The minimum Gasteiger partial charge on any atom is -0.495 e.